The maximum Gasteiger partial charge on any atom is 0.309 e. The Labute approximate surface area is 194 Å². The zero-order valence-electron chi connectivity index (χ0n) is 18.3. The highest BCUT2D eigenvalue weighted by atomic mass is 35.5. The molecule has 32 heavy (non-hydrogen) atoms. The molecule has 1 aromatic rings. The molecule has 1 amide bonds. The van der Waals surface area contributed by atoms with Crippen LogP contribution in [0, 0.1) is 23.7 Å². The number of sulfonamides is 1. The number of nitrogens with zero attached hydrogens (tertiary/aromatic N) is 1. The van der Waals surface area contributed by atoms with Crippen LogP contribution in [0.15, 0.2) is 29.2 Å². The van der Waals surface area contributed by atoms with Crippen molar-refractivity contribution in [1.82, 2.24) is 9.62 Å². The summed E-state index contributed by atoms with van der Waals surface area (Å²) in [7, 11) is -3.62. The fourth-order valence-electron chi connectivity index (χ4n) is 5.65. The van der Waals surface area contributed by atoms with Crippen LogP contribution in [-0.4, -0.2) is 50.3 Å². The summed E-state index contributed by atoms with van der Waals surface area (Å²) < 4.78 is 32.2. The van der Waals surface area contributed by atoms with Gasteiger partial charge in [-0.2, -0.15) is 4.31 Å². The third-order valence-corrected chi connectivity index (χ3v) is 9.57. The number of esters is 1. The smallest absolute Gasteiger partial charge is 0.309 e. The first-order valence-corrected chi connectivity index (χ1v) is 13.3. The summed E-state index contributed by atoms with van der Waals surface area (Å²) in [6, 6.07) is 6.14. The number of halogens is 1. The number of fused-ring (bicyclic) bond motifs is 2. The van der Waals surface area contributed by atoms with Crippen LogP contribution in [-0.2, 0) is 24.3 Å². The van der Waals surface area contributed by atoms with Crippen LogP contribution in [0.4, 0.5) is 0 Å². The molecule has 4 rings (SSSR count). The Hall–Kier alpha value is -1.64. The highest BCUT2D eigenvalue weighted by Gasteiger charge is 2.42. The third-order valence-electron chi connectivity index (χ3n) is 7.41. The summed E-state index contributed by atoms with van der Waals surface area (Å²) in [4.78, 5) is 24.9. The summed E-state index contributed by atoms with van der Waals surface area (Å²) in [5, 5.41) is 3.47. The first kappa shape index (κ1) is 23.5. The maximum absolute atomic E-state index is 12.8. The lowest BCUT2D eigenvalue weighted by molar-refractivity contribution is -0.154. The van der Waals surface area contributed by atoms with Crippen LogP contribution in [0.2, 0.25) is 5.02 Å². The Bertz CT molecular complexity index is 944. The van der Waals surface area contributed by atoms with Gasteiger partial charge in [0.1, 0.15) is 0 Å². The van der Waals surface area contributed by atoms with Crippen molar-refractivity contribution in [3.8, 4) is 0 Å². The molecule has 4 atom stereocenters. The van der Waals surface area contributed by atoms with E-state index in [0.29, 0.717) is 29.7 Å². The number of nitrogens with one attached hydrogen (secondary N) is 1. The molecule has 176 valence electrons. The molecule has 2 bridgehead atoms. The van der Waals surface area contributed by atoms with E-state index in [2.05, 4.69) is 5.32 Å². The van der Waals surface area contributed by atoms with E-state index in [9.17, 15) is 18.0 Å². The lowest BCUT2D eigenvalue weighted by Gasteiger charge is -2.30. The molecule has 1 saturated heterocycles. The average molecular weight is 483 g/mol. The van der Waals surface area contributed by atoms with Crippen LogP contribution in [0.5, 0.6) is 0 Å². The van der Waals surface area contributed by atoms with Crippen molar-refractivity contribution in [3.63, 3.8) is 0 Å². The van der Waals surface area contributed by atoms with E-state index in [1.807, 2.05) is 6.92 Å². The quantitative estimate of drug-likeness (QED) is 0.602. The third kappa shape index (κ3) is 5.13. The van der Waals surface area contributed by atoms with Crippen molar-refractivity contribution in [1.29, 1.82) is 0 Å². The van der Waals surface area contributed by atoms with Crippen molar-refractivity contribution in [2.45, 2.75) is 56.4 Å². The van der Waals surface area contributed by atoms with Gasteiger partial charge in [0.25, 0.3) is 5.91 Å². The summed E-state index contributed by atoms with van der Waals surface area (Å²) in [6.45, 7) is 2.23. The van der Waals surface area contributed by atoms with Crippen LogP contribution >= 0.6 is 11.6 Å². The standard InChI is InChI=1S/C23H31ClN2O5S/c1-15(21-13-16-2-3-18(21)12-16)25-22(27)14-31-23(28)17-8-10-26(11-9-17)32(29,30)20-6-4-19(24)5-7-20/h4-7,15-18,21H,2-3,8-14H2,1H3,(H,25,27)/t15-,16+,18+,21+/m1/s1. The van der Waals surface area contributed by atoms with Gasteiger partial charge in [-0.25, -0.2) is 8.42 Å². The first-order chi connectivity index (χ1) is 15.2. The molecule has 3 aliphatic rings. The number of carbonyl (C=O) groups excluding carboxylic acids is 2. The van der Waals surface area contributed by atoms with Crippen molar-refractivity contribution >= 4 is 33.5 Å². The second kappa shape index (κ2) is 9.69. The molecule has 1 aliphatic heterocycles. The number of hydrogen-bond donors (Lipinski definition) is 1. The molecule has 2 aliphatic carbocycles. The molecular weight excluding hydrogens is 452 g/mol. The maximum atomic E-state index is 12.8. The molecule has 2 saturated carbocycles. The summed E-state index contributed by atoms with van der Waals surface area (Å²) in [5.74, 6) is 0.958. The minimum absolute atomic E-state index is 0.0952. The second-order valence-corrected chi connectivity index (χ2v) is 11.8. The van der Waals surface area contributed by atoms with Gasteiger partial charge in [-0.1, -0.05) is 18.0 Å². The zero-order valence-corrected chi connectivity index (χ0v) is 19.9. The number of amides is 1. The molecule has 1 N–H and O–H groups in total. The lowest BCUT2D eigenvalue weighted by atomic mass is 9.84. The van der Waals surface area contributed by atoms with Crippen LogP contribution in [0.3, 0.4) is 0 Å². The fourth-order valence-corrected chi connectivity index (χ4v) is 7.25. The number of piperidine rings is 1. The summed E-state index contributed by atoms with van der Waals surface area (Å²) in [6.07, 6.45) is 5.79. The summed E-state index contributed by atoms with van der Waals surface area (Å²) >= 11 is 5.84. The van der Waals surface area contributed by atoms with Crippen molar-refractivity contribution in [3.05, 3.63) is 29.3 Å². The topological polar surface area (TPSA) is 92.8 Å². The van der Waals surface area contributed by atoms with Gasteiger partial charge in [-0.15, -0.1) is 0 Å². The molecule has 0 unspecified atom stereocenters. The van der Waals surface area contributed by atoms with E-state index in [1.165, 1.54) is 42.1 Å². The molecule has 1 heterocycles. The number of ether oxygens (including phenoxy) is 1. The first-order valence-electron chi connectivity index (χ1n) is 11.5. The second-order valence-electron chi connectivity index (χ2n) is 9.43. The van der Waals surface area contributed by atoms with Gasteiger partial charge < -0.3 is 10.1 Å². The number of carbonyl (C=O) groups is 2. The Kier molecular flexibility index (Phi) is 7.12. The highest BCUT2D eigenvalue weighted by Crippen LogP contribution is 2.49. The van der Waals surface area contributed by atoms with Gasteiger partial charge in [-0.05, 0) is 81.0 Å². The van der Waals surface area contributed by atoms with E-state index >= 15 is 0 Å². The average Bonchev–Trinajstić information content (AvgIpc) is 3.42. The minimum Gasteiger partial charge on any atom is -0.455 e. The van der Waals surface area contributed by atoms with Crippen LogP contribution < -0.4 is 5.32 Å². The minimum atomic E-state index is -3.62. The van der Waals surface area contributed by atoms with Gasteiger partial charge >= 0.3 is 5.97 Å². The van der Waals surface area contributed by atoms with Gasteiger partial charge in [0.2, 0.25) is 10.0 Å². The highest BCUT2D eigenvalue weighted by molar-refractivity contribution is 7.89. The Morgan fingerprint density at radius 1 is 1.12 bits per heavy atom. The summed E-state index contributed by atoms with van der Waals surface area (Å²) in [5.41, 5.74) is 0. The molecule has 9 heteroatoms. The zero-order chi connectivity index (χ0) is 22.9. The predicted molar refractivity (Wildman–Crippen MR) is 120 cm³/mol. The van der Waals surface area contributed by atoms with E-state index in [0.717, 1.165) is 5.92 Å². The van der Waals surface area contributed by atoms with Crippen LogP contribution in [0.1, 0.15) is 45.4 Å². The van der Waals surface area contributed by atoms with Crippen molar-refractivity contribution in [2.24, 2.45) is 23.7 Å². The Morgan fingerprint density at radius 3 is 2.41 bits per heavy atom. The lowest BCUT2D eigenvalue weighted by Crippen LogP contribution is -2.43. The van der Waals surface area contributed by atoms with E-state index in [4.69, 9.17) is 16.3 Å². The molecular formula is C23H31ClN2O5S. The van der Waals surface area contributed by atoms with Gasteiger partial charge in [-0.3, -0.25) is 9.59 Å². The van der Waals surface area contributed by atoms with E-state index in [-0.39, 0.29) is 36.5 Å². The Balaban J connectivity index is 1.20. The van der Waals surface area contributed by atoms with Gasteiger partial charge in [0.05, 0.1) is 10.8 Å². The largest absolute Gasteiger partial charge is 0.455 e. The molecule has 3 fully saturated rings. The normalized spacial score (nSPS) is 27.2. The van der Waals surface area contributed by atoms with Gasteiger partial charge in [0.15, 0.2) is 6.61 Å². The SMILES string of the molecule is C[C@@H](NC(=O)COC(=O)C1CCN(S(=O)(=O)c2ccc(Cl)cc2)CC1)[C@@H]1C[C@H]2CC[C@H]1C2. The van der Waals surface area contributed by atoms with Gasteiger partial charge in [0, 0.05) is 24.2 Å². The number of hydrogen-bond acceptors (Lipinski definition) is 5. The fraction of sp³-hybridized carbons (Fsp3) is 0.652. The van der Waals surface area contributed by atoms with E-state index < -0.39 is 21.9 Å². The predicted octanol–water partition coefficient (Wildman–Crippen LogP) is 3.22. The van der Waals surface area contributed by atoms with E-state index in [1.54, 1.807) is 12.1 Å². The molecule has 0 radical (unpaired) electrons. The monoisotopic (exact) mass is 482 g/mol. The van der Waals surface area contributed by atoms with Crippen molar-refractivity contribution < 1.29 is 22.7 Å². The number of rotatable bonds is 7. The molecule has 7 nitrogen and oxygen atoms in total. The molecule has 1 aromatic carbocycles. The Morgan fingerprint density at radius 2 is 1.81 bits per heavy atom. The molecule has 0 aromatic heterocycles. The van der Waals surface area contributed by atoms with Crippen LogP contribution in [0.25, 0.3) is 0 Å². The number of benzene rings is 1. The van der Waals surface area contributed by atoms with Crippen molar-refractivity contribution in [2.75, 3.05) is 19.7 Å². The molecule has 0 spiro atoms.